The van der Waals surface area contributed by atoms with Gasteiger partial charge in [-0.05, 0) is 30.5 Å². The quantitative estimate of drug-likeness (QED) is 0.782. The number of Topliss-reactive ketones (excluding diaryl/α,β-unsaturated/α-hetero) is 1. The molecule has 0 saturated heterocycles. The van der Waals surface area contributed by atoms with Crippen molar-refractivity contribution >= 4 is 33.3 Å². The molecule has 4 heteroatoms. The Bertz CT molecular complexity index is 578. The molecule has 1 aliphatic rings. The second-order valence-corrected chi connectivity index (χ2v) is 6.80. The number of ketones is 1. The van der Waals surface area contributed by atoms with E-state index in [0.29, 0.717) is 12.1 Å². The van der Waals surface area contributed by atoms with Crippen LogP contribution < -0.4 is 4.90 Å². The largest absolute Gasteiger partial charge is 0.312 e. The van der Waals surface area contributed by atoms with Crippen molar-refractivity contribution in [3.05, 3.63) is 27.7 Å². The van der Waals surface area contributed by atoms with Crippen molar-refractivity contribution in [2.75, 3.05) is 11.4 Å². The number of carbonyl (C=O) groups excluding carboxylic acids is 2. The van der Waals surface area contributed by atoms with Crippen LogP contribution in [-0.4, -0.2) is 18.2 Å². The Morgan fingerprint density at radius 1 is 1.35 bits per heavy atom. The third kappa shape index (κ3) is 2.53. The van der Waals surface area contributed by atoms with Crippen molar-refractivity contribution in [3.63, 3.8) is 0 Å². The molecule has 1 aromatic carbocycles. The van der Waals surface area contributed by atoms with Gasteiger partial charge in [-0.15, -0.1) is 0 Å². The van der Waals surface area contributed by atoms with Crippen LogP contribution in [0.3, 0.4) is 0 Å². The number of rotatable bonds is 3. The molecule has 20 heavy (non-hydrogen) atoms. The molecule has 0 bridgehead atoms. The van der Waals surface area contributed by atoms with Crippen LogP contribution in [0.15, 0.2) is 16.6 Å². The molecular weight excluding hydrogens is 318 g/mol. The zero-order valence-corrected chi connectivity index (χ0v) is 14.0. The zero-order valence-electron chi connectivity index (χ0n) is 12.4. The molecule has 0 aromatic heterocycles. The Hall–Kier alpha value is -1.16. The van der Waals surface area contributed by atoms with Crippen LogP contribution in [0.1, 0.15) is 50.0 Å². The van der Waals surface area contributed by atoms with Gasteiger partial charge in [-0.25, -0.2) is 0 Å². The number of anilines is 1. The number of hydrogen-bond acceptors (Lipinski definition) is 2. The van der Waals surface area contributed by atoms with E-state index in [1.807, 2.05) is 32.9 Å². The van der Waals surface area contributed by atoms with Crippen molar-refractivity contribution in [1.82, 2.24) is 0 Å². The highest BCUT2D eigenvalue weighted by atomic mass is 79.9. The third-order valence-electron chi connectivity index (χ3n) is 4.19. The van der Waals surface area contributed by atoms with E-state index in [1.165, 1.54) is 0 Å². The van der Waals surface area contributed by atoms with Gasteiger partial charge >= 0.3 is 0 Å². The first kappa shape index (κ1) is 15.2. The normalized spacial score (nSPS) is 14.3. The summed E-state index contributed by atoms with van der Waals surface area (Å²) in [7, 11) is 0. The molecule has 0 N–H and O–H groups in total. The minimum atomic E-state index is -0.392. The van der Waals surface area contributed by atoms with Gasteiger partial charge < -0.3 is 4.90 Å². The van der Waals surface area contributed by atoms with Crippen LogP contribution in [0.4, 0.5) is 5.69 Å². The fourth-order valence-corrected chi connectivity index (χ4v) is 3.00. The summed E-state index contributed by atoms with van der Waals surface area (Å²) >= 11 is 3.50. The molecule has 2 rings (SSSR count). The minimum Gasteiger partial charge on any atom is -0.312 e. The fourth-order valence-electron chi connectivity index (χ4n) is 2.43. The lowest BCUT2D eigenvalue weighted by molar-refractivity contribution is -0.116. The molecule has 0 spiro atoms. The summed E-state index contributed by atoms with van der Waals surface area (Å²) in [6.07, 6.45) is 1.63. The van der Waals surface area contributed by atoms with Crippen LogP contribution in [0, 0.1) is 5.41 Å². The summed E-state index contributed by atoms with van der Waals surface area (Å²) in [6.45, 7) is 8.19. The SMILES string of the molecule is CCC(C)(C)C(=O)c1cc2c(cc1Br)CCN2C(C)=O. The maximum Gasteiger partial charge on any atom is 0.223 e. The highest BCUT2D eigenvalue weighted by Gasteiger charge is 2.31. The van der Waals surface area contributed by atoms with Crippen LogP contribution in [0.2, 0.25) is 0 Å². The Balaban J connectivity index is 2.50. The molecule has 0 atom stereocenters. The molecule has 1 amide bonds. The molecule has 0 unspecified atom stereocenters. The van der Waals surface area contributed by atoms with Crippen LogP contribution in [-0.2, 0) is 11.2 Å². The average Bonchev–Trinajstić information content (AvgIpc) is 2.79. The van der Waals surface area contributed by atoms with Gasteiger partial charge in [-0.1, -0.05) is 36.7 Å². The van der Waals surface area contributed by atoms with Gasteiger partial charge in [0.1, 0.15) is 0 Å². The van der Waals surface area contributed by atoms with E-state index in [0.717, 1.165) is 28.6 Å². The van der Waals surface area contributed by atoms with Crippen LogP contribution in [0.25, 0.3) is 0 Å². The summed E-state index contributed by atoms with van der Waals surface area (Å²) in [5.41, 5.74) is 2.29. The van der Waals surface area contributed by atoms with Gasteiger partial charge in [0.2, 0.25) is 5.91 Å². The Morgan fingerprint density at radius 2 is 2.00 bits per heavy atom. The Labute approximate surface area is 128 Å². The van der Waals surface area contributed by atoms with Gasteiger partial charge in [0, 0.05) is 34.6 Å². The molecule has 0 aliphatic carbocycles. The lowest BCUT2D eigenvalue weighted by atomic mass is 9.81. The summed E-state index contributed by atoms with van der Waals surface area (Å²) in [5, 5.41) is 0. The van der Waals surface area contributed by atoms with Crippen molar-refractivity contribution in [1.29, 1.82) is 0 Å². The highest BCUT2D eigenvalue weighted by Crippen LogP contribution is 2.36. The lowest BCUT2D eigenvalue weighted by Crippen LogP contribution is -2.27. The van der Waals surface area contributed by atoms with E-state index in [2.05, 4.69) is 15.9 Å². The topological polar surface area (TPSA) is 37.4 Å². The maximum absolute atomic E-state index is 12.7. The van der Waals surface area contributed by atoms with E-state index in [9.17, 15) is 9.59 Å². The van der Waals surface area contributed by atoms with Crippen molar-refractivity contribution in [2.45, 2.75) is 40.5 Å². The summed E-state index contributed by atoms with van der Waals surface area (Å²) in [4.78, 5) is 26.1. The lowest BCUT2D eigenvalue weighted by Gasteiger charge is -2.23. The zero-order chi connectivity index (χ0) is 15.1. The monoisotopic (exact) mass is 337 g/mol. The number of carbonyl (C=O) groups is 2. The third-order valence-corrected chi connectivity index (χ3v) is 4.84. The van der Waals surface area contributed by atoms with Gasteiger partial charge in [0.05, 0.1) is 0 Å². The van der Waals surface area contributed by atoms with E-state index in [-0.39, 0.29) is 11.7 Å². The summed E-state index contributed by atoms with van der Waals surface area (Å²) in [5.74, 6) is 0.143. The molecule has 1 aliphatic heterocycles. The van der Waals surface area contributed by atoms with E-state index in [1.54, 1.807) is 11.8 Å². The predicted molar refractivity (Wildman–Crippen MR) is 84.3 cm³/mol. The smallest absolute Gasteiger partial charge is 0.223 e. The van der Waals surface area contributed by atoms with Gasteiger partial charge in [0.15, 0.2) is 5.78 Å². The molecule has 0 fully saturated rings. The van der Waals surface area contributed by atoms with E-state index < -0.39 is 5.41 Å². The second kappa shape index (κ2) is 5.32. The number of amides is 1. The summed E-state index contributed by atoms with van der Waals surface area (Å²) < 4.78 is 0.827. The van der Waals surface area contributed by atoms with Gasteiger partial charge in [0.25, 0.3) is 0 Å². The molecule has 1 heterocycles. The fraction of sp³-hybridized carbons (Fsp3) is 0.500. The number of hydrogen-bond donors (Lipinski definition) is 0. The maximum atomic E-state index is 12.7. The molecule has 0 radical (unpaired) electrons. The van der Waals surface area contributed by atoms with E-state index in [4.69, 9.17) is 0 Å². The summed E-state index contributed by atoms with van der Waals surface area (Å²) in [6, 6.07) is 3.85. The number of fused-ring (bicyclic) bond motifs is 1. The molecule has 108 valence electrons. The molecule has 3 nitrogen and oxygen atoms in total. The minimum absolute atomic E-state index is 0.0271. The van der Waals surface area contributed by atoms with Crippen LogP contribution >= 0.6 is 15.9 Å². The highest BCUT2D eigenvalue weighted by molar-refractivity contribution is 9.10. The first-order chi connectivity index (χ1) is 9.27. The van der Waals surface area contributed by atoms with E-state index >= 15 is 0 Å². The van der Waals surface area contributed by atoms with Crippen molar-refractivity contribution in [2.24, 2.45) is 5.41 Å². The molecular formula is C16H20BrNO2. The first-order valence-electron chi connectivity index (χ1n) is 6.93. The van der Waals surface area contributed by atoms with Crippen molar-refractivity contribution < 1.29 is 9.59 Å². The first-order valence-corrected chi connectivity index (χ1v) is 7.72. The predicted octanol–water partition coefficient (Wildman–Crippen LogP) is 3.98. The number of halogens is 1. The average molecular weight is 338 g/mol. The van der Waals surface area contributed by atoms with Crippen LogP contribution in [0.5, 0.6) is 0 Å². The van der Waals surface area contributed by atoms with Gasteiger partial charge in [-0.3, -0.25) is 9.59 Å². The Kier molecular flexibility index (Phi) is 4.05. The number of benzene rings is 1. The molecule has 1 aromatic rings. The standard InChI is InChI=1S/C16H20BrNO2/c1-5-16(3,4)15(20)12-9-14-11(8-13(12)17)6-7-18(14)10(2)19/h8-9H,5-7H2,1-4H3. The molecule has 0 saturated carbocycles. The Morgan fingerprint density at radius 3 is 2.55 bits per heavy atom. The second-order valence-electron chi connectivity index (χ2n) is 5.95. The van der Waals surface area contributed by atoms with Gasteiger partial charge in [-0.2, -0.15) is 0 Å². The number of nitrogens with zero attached hydrogens (tertiary/aromatic N) is 1. The van der Waals surface area contributed by atoms with Crippen molar-refractivity contribution in [3.8, 4) is 0 Å².